The molecule has 2 N–H and O–H groups in total. The average molecular weight is 599 g/mol. The Kier molecular flexibility index (Phi) is 9.47. The molecule has 7 heteroatoms. The fourth-order valence-corrected chi connectivity index (χ4v) is 5.65. The molecule has 0 radical (unpaired) electrons. The van der Waals surface area contributed by atoms with Crippen molar-refractivity contribution >= 4 is 0 Å². The topological polar surface area (TPSA) is 93.7 Å². The summed E-state index contributed by atoms with van der Waals surface area (Å²) in [6, 6.07) is 16.9. The van der Waals surface area contributed by atoms with E-state index in [2.05, 4.69) is 53.7 Å². The quantitative estimate of drug-likeness (QED) is 0.222. The van der Waals surface area contributed by atoms with Crippen LogP contribution in [0.3, 0.4) is 0 Å². The van der Waals surface area contributed by atoms with Gasteiger partial charge in [-0.3, -0.25) is 9.59 Å². The first-order valence-corrected chi connectivity index (χ1v) is 15.2. The Morgan fingerprint density at radius 1 is 0.705 bits per heavy atom. The monoisotopic (exact) mass is 598 g/mol. The molecule has 2 heterocycles. The fraction of sp³-hybridized carbons (Fsp3) is 0.405. The number of benzene rings is 2. The zero-order chi connectivity index (χ0) is 32.4. The Balaban J connectivity index is 1.76. The molecule has 0 aliphatic carbocycles. The van der Waals surface area contributed by atoms with E-state index < -0.39 is 5.43 Å². The van der Waals surface area contributed by atoms with Crippen LogP contribution >= 0.6 is 0 Å². The Hall–Kier alpha value is -4.26. The van der Waals surface area contributed by atoms with Crippen LogP contribution in [0.4, 0.5) is 0 Å². The molecule has 0 bridgehead atoms. The van der Waals surface area contributed by atoms with Crippen LogP contribution < -0.4 is 15.6 Å². The number of nitrogens with zero attached hydrogens (tertiary/aromatic N) is 2. The molecule has 0 aliphatic heterocycles. The number of hydrogen-bond acceptors (Lipinski definition) is 5. The van der Waals surface area contributed by atoms with E-state index in [1.165, 1.54) is 12.1 Å². The number of hydrogen-bond donors (Lipinski definition) is 2. The number of pyridine rings is 2. The van der Waals surface area contributed by atoms with Gasteiger partial charge in [-0.05, 0) is 59.3 Å². The summed E-state index contributed by atoms with van der Waals surface area (Å²) in [6.45, 7) is 17.6. The maximum absolute atomic E-state index is 12.9. The van der Waals surface area contributed by atoms with Crippen molar-refractivity contribution in [2.24, 2.45) is 5.92 Å². The summed E-state index contributed by atoms with van der Waals surface area (Å²) in [4.78, 5) is 25.0. The normalized spacial score (nSPS) is 12.7. The van der Waals surface area contributed by atoms with Gasteiger partial charge >= 0.3 is 0 Å². The highest BCUT2D eigenvalue weighted by Crippen LogP contribution is 2.40. The number of phenols is 1. The van der Waals surface area contributed by atoms with Gasteiger partial charge < -0.3 is 24.1 Å². The molecule has 0 amide bonds. The van der Waals surface area contributed by atoms with E-state index in [-0.39, 0.29) is 27.9 Å². The third-order valence-electron chi connectivity index (χ3n) is 8.25. The summed E-state index contributed by atoms with van der Waals surface area (Å²) in [5, 5.41) is 21.7. The van der Waals surface area contributed by atoms with Crippen molar-refractivity contribution < 1.29 is 14.9 Å². The SMILES string of the molecule is Cc1c(O)c(=O)ccn1CC(Cc1cc(C(C)(C)C)c(O)c(C(C)(C)C)c1)Cn1ccc(=O)c(OCc2ccccc2)c1C. The van der Waals surface area contributed by atoms with Gasteiger partial charge in [-0.25, -0.2) is 0 Å². The first kappa shape index (κ1) is 32.6. The highest BCUT2D eigenvalue weighted by Gasteiger charge is 2.27. The molecule has 2 aromatic carbocycles. The highest BCUT2D eigenvalue weighted by molar-refractivity contribution is 5.50. The molecule has 1 unspecified atom stereocenters. The van der Waals surface area contributed by atoms with Crippen molar-refractivity contribution in [2.45, 2.75) is 92.3 Å². The molecule has 234 valence electrons. The van der Waals surface area contributed by atoms with Gasteiger partial charge in [0.2, 0.25) is 10.9 Å². The molecule has 0 saturated heterocycles. The molecule has 7 nitrogen and oxygen atoms in total. The van der Waals surface area contributed by atoms with Gasteiger partial charge in [-0.15, -0.1) is 0 Å². The molecule has 1 atom stereocenters. The van der Waals surface area contributed by atoms with Gasteiger partial charge in [0.25, 0.3) is 0 Å². The number of aromatic hydroxyl groups is 2. The molecule has 0 aliphatic rings. The molecular formula is C37H46N2O5. The predicted molar refractivity (Wildman–Crippen MR) is 176 cm³/mol. The van der Waals surface area contributed by atoms with Crippen LogP contribution in [-0.2, 0) is 36.9 Å². The molecule has 0 fully saturated rings. The minimum atomic E-state index is -0.407. The minimum absolute atomic E-state index is 0.0102. The van der Waals surface area contributed by atoms with E-state index in [1.807, 2.05) is 46.4 Å². The van der Waals surface area contributed by atoms with Crippen LogP contribution in [0, 0.1) is 19.8 Å². The third-order valence-corrected chi connectivity index (χ3v) is 8.25. The van der Waals surface area contributed by atoms with Crippen LogP contribution in [-0.4, -0.2) is 19.3 Å². The number of rotatable bonds is 9. The Bertz CT molecular complexity index is 1700. The molecule has 44 heavy (non-hydrogen) atoms. The Labute approximate surface area is 260 Å². The van der Waals surface area contributed by atoms with E-state index in [1.54, 1.807) is 19.3 Å². The van der Waals surface area contributed by atoms with Crippen molar-refractivity contribution in [3.8, 4) is 17.2 Å². The number of ether oxygens (including phenoxy) is 1. The van der Waals surface area contributed by atoms with Gasteiger partial charge in [0.05, 0.1) is 11.4 Å². The second-order valence-corrected chi connectivity index (χ2v) is 13.9. The maximum Gasteiger partial charge on any atom is 0.223 e. The first-order chi connectivity index (χ1) is 20.6. The maximum atomic E-state index is 12.9. The second-order valence-electron chi connectivity index (χ2n) is 13.9. The van der Waals surface area contributed by atoms with Crippen LogP contribution in [0.25, 0.3) is 0 Å². The van der Waals surface area contributed by atoms with Crippen molar-refractivity contribution in [3.63, 3.8) is 0 Å². The summed E-state index contributed by atoms with van der Waals surface area (Å²) >= 11 is 0. The Morgan fingerprint density at radius 2 is 1.23 bits per heavy atom. The van der Waals surface area contributed by atoms with Crippen LogP contribution in [0.5, 0.6) is 17.2 Å². The van der Waals surface area contributed by atoms with Crippen LogP contribution in [0.1, 0.15) is 75.2 Å². The lowest BCUT2D eigenvalue weighted by Gasteiger charge is -2.29. The number of phenolic OH excluding ortho intramolecular Hbond substituents is 1. The van der Waals surface area contributed by atoms with Crippen LogP contribution in [0.2, 0.25) is 0 Å². The van der Waals surface area contributed by atoms with Crippen molar-refractivity contribution in [2.75, 3.05) is 0 Å². The fourth-order valence-electron chi connectivity index (χ4n) is 5.65. The van der Waals surface area contributed by atoms with E-state index in [0.29, 0.717) is 43.3 Å². The highest BCUT2D eigenvalue weighted by atomic mass is 16.5. The van der Waals surface area contributed by atoms with E-state index >= 15 is 0 Å². The van der Waals surface area contributed by atoms with E-state index in [0.717, 1.165) is 27.9 Å². The Morgan fingerprint density at radius 3 is 1.77 bits per heavy atom. The van der Waals surface area contributed by atoms with Crippen molar-refractivity contribution in [1.29, 1.82) is 0 Å². The zero-order valence-corrected chi connectivity index (χ0v) is 27.3. The van der Waals surface area contributed by atoms with E-state index in [4.69, 9.17) is 4.74 Å². The van der Waals surface area contributed by atoms with Crippen molar-refractivity contribution in [3.05, 3.63) is 121 Å². The average Bonchev–Trinajstić information content (AvgIpc) is 2.95. The summed E-state index contributed by atoms with van der Waals surface area (Å²) in [5.74, 6) is 0.394. The van der Waals surface area contributed by atoms with Gasteiger partial charge in [0.1, 0.15) is 12.4 Å². The molecule has 0 saturated carbocycles. The van der Waals surface area contributed by atoms with Crippen molar-refractivity contribution in [1.82, 2.24) is 9.13 Å². The number of aromatic nitrogens is 2. The lowest BCUT2D eigenvalue weighted by Crippen LogP contribution is -2.25. The largest absolute Gasteiger partial charge is 0.507 e. The van der Waals surface area contributed by atoms with Gasteiger partial charge in [-0.2, -0.15) is 0 Å². The van der Waals surface area contributed by atoms with Crippen LogP contribution in [0.15, 0.2) is 76.6 Å². The van der Waals surface area contributed by atoms with E-state index in [9.17, 15) is 19.8 Å². The van der Waals surface area contributed by atoms with Gasteiger partial charge in [0, 0.05) is 37.6 Å². The van der Waals surface area contributed by atoms with Gasteiger partial charge in [0.15, 0.2) is 11.5 Å². The smallest absolute Gasteiger partial charge is 0.223 e. The third kappa shape index (κ3) is 7.44. The van der Waals surface area contributed by atoms with Gasteiger partial charge in [-0.1, -0.05) is 84.0 Å². The summed E-state index contributed by atoms with van der Waals surface area (Å²) < 4.78 is 9.99. The summed E-state index contributed by atoms with van der Waals surface area (Å²) in [6.07, 6.45) is 4.17. The standard InChI is InChI=1S/C37H46N2O5/c1-24-33(42)31(40)14-16-38(24)21-28(18-27-19-29(36(3,4)5)34(43)30(20-27)37(6,7)8)22-39-17-15-32(41)35(25(39)2)44-23-26-12-10-9-11-13-26/h9-17,19-20,28,42-43H,18,21-23H2,1-8H3. The summed E-state index contributed by atoms with van der Waals surface area (Å²) in [5.41, 5.74) is 3.98. The minimum Gasteiger partial charge on any atom is -0.507 e. The molecule has 4 rings (SSSR count). The first-order valence-electron chi connectivity index (χ1n) is 15.2. The molecule has 4 aromatic rings. The molecular weight excluding hydrogens is 552 g/mol. The summed E-state index contributed by atoms with van der Waals surface area (Å²) in [7, 11) is 0. The lowest BCUT2D eigenvalue weighted by molar-refractivity contribution is 0.293. The predicted octanol–water partition coefficient (Wildman–Crippen LogP) is 6.77. The lowest BCUT2D eigenvalue weighted by atomic mass is 9.77. The molecule has 0 spiro atoms. The molecule has 2 aromatic heterocycles. The second kappa shape index (κ2) is 12.8. The zero-order valence-electron chi connectivity index (χ0n) is 27.3.